The fraction of sp³-hybridized carbons (Fsp3) is 0.167. The van der Waals surface area contributed by atoms with E-state index in [1.807, 2.05) is 6.07 Å². The molecule has 0 aliphatic heterocycles. The molecule has 0 radical (unpaired) electrons. The lowest BCUT2D eigenvalue weighted by atomic mass is 10.1. The van der Waals surface area contributed by atoms with Crippen LogP contribution in [0.2, 0.25) is 0 Å². The number of alkyl halides is 3. The highest BCUT2D eigenvalue weighted by molar-refractivity contribution is 7.80. The Labute approximate surface area is 182 Å². The molecule has 0 saturated heterocycles. The average Bonchev–Trinajstić information content (AvgIpc) is 2.61. The smallest absolute Gasteiger partial charge is 0.228 e. The normalized spacial score (nSPS) is 12.0. The highest BCUT2D eigenvalue weighted by atomic mass is 35.6. The lowest BCUT2D eigenvalue weighted by Crippen LogP contribution is -2.56. The van der Waals surface area contributed by atoms with E-state index >= 15 is 0 Å². The molecule has 2 aromatic rings. The molecule has 0 aliphatic carbocycles. The largest absolute Gasteiger partial charge is 0.545 e. The number of carbonyl (C=O) groups is 2. The van der Waals surface area contributed by atoms with Gasteiger partial charge in [-0.15, -0.1) is 0 Å². The number of carboxylic acids is 1. The highest BCUT2D eigenvalue weighted by Crippen LogP contribution is 2.29. The number of anilines is 1. The summed E-state index contributed by atoms with van der Waals surface area (Å²) < 4.78 is -1.92. The molecular weight excluding hydrogens is 445 g/mol. The van der Waals surface area contributed by atoms with Crippen molar-refractivity contribution in [2.45, 2.75) is 16.4 Å². The maximum absolute atomic E-state index is 12.3. The number of aromatic carboxylic acids is 1. The van der Waals surface area contributed by atoms with Crippen LogP contribution in [0.3, 0.4) is 0 Å². The van der Waals surface area contributed by atoms with Crippen molar-refractivity contribution in [1.29, 1.82) is 0 Å². The quantitative estimate of drug-likeness (QED) is 0.349. The monoisotopic (exact) mass is 458 g/mol. The second-order valence-corrected chi connectivity index (χ2v) is 8.41. The number of carbonyl (C=O) groups excluding carboxylic acids is 2. The third kappa shape index (κ3) is 6.83. The summed E-state index contributed by atoms with van der Waals surface area (Å²) >= 11 is 23.0. The molecule has 0 aromatic heterocycles. The van der Waals surface area contributed by atoms with Gasteiger partial charge in [-0.2, -0.15) is 0 Å². The molecule has 1 amide bonds. The molecule has 0 fully saturated rings. The van der Waals surface area contributed by atoms with E-state index in [1.54, 1.807) is 36.4 Å². The Hall–Kier alpha value is -2.06. The molecule has 148 valence electrons. The Balaban J connectivity index is 2.05. The second kappa shape index (κ2) is 9.93. The van der Waals surface area contributed by atoms with E-state index in [9.17, 15) is 14.7 Å². The SMILES string of the molecule is O=C(Cc1ccccc1)N[C@H](NC(=S)Nc1ccccc1C(=O)[O-])C(Cl)(Cl)Cl. The first-order valence-electron chi connectivity index (χ1n) is 7.94. The van der Waals surface area contributed by atoms with Gasteiger partial charge in [0.25, 0.3) is 0 Å². The molecule has 1 atom stereocenters. The van der Waals surface area contributed by atoms with E-state index in [-0.39, 0.29) is 22.8 Å². The topological polar surface area (TPSA) is 93.3 Å². The Bertz CT molecular complexity index is 860. The van der Waals surface area contributed by atoms with Gasteiger partial charge < -0.3 is 25.9 Å². The van der Waals surface area contributed by atoms with Gasteiger partial charge in [-0.25, -0.2) is 0 Å². The van der Waals surface area contributed by atoms with Gasteiger partial charge in [-0.3, -0.25) is 4.79 Å². The van der Waals surface area contributed by atoms with Crippen LogP contribution in [-0.4, -0.2) is 26.9 Å². The van der Waals surface area contributed by atoms with Crippen molar-refractivity contribution in [3.63, 3.8) is 0 Å². The Morgan fingerprint density at radius 3 is 2.21 bits per heavy atom. The van der Waals surface area contributed by atoms with E-state index < -0.39 is 21.8 Å². The molecule has 0 aliphatic rings. The summed E-state index contributed by atoms with van der Waals surface area (Å²) in [5.74, 6) is -1.77. The summed E-state index contributed by atoms with van der Waals surface area (Å²) in [6.07, 6.45) is -1.09. The van der Waals surface area contributed by atoms with E-state index in [0.717, 1.165) is 5.56 Å². The average molecular weight is 460 g/mol. The van der Waals surface area contributed by atoms with Crippen LogP contribution in [0.15, 0.2) is 54.6 Å². The Morgan fingerprint density at radius 1 is 1.00 bits per heavy atom. The fourth-order valence-electron chi connectivity index (χ4n) is 2.25. The van der Waals surface area contributed by atoms with Crippen LogP contribution < -0.4 is 21.1 Å². The minimum absolute atomic E-state index is 0.0509. The number of amides is 1. The predicted octanol–water partition coefficient (Wildman–Crippen LogP) is 2.39. The van der Waals surface area contributed by atoms with E-state index in [0.29, 0.717) is 0 Å². The van der Waals surface area contributed by atoms with Crippen molar-refractivity contribution in [3.05, 3.63) is 65.7 Å². The van der Waals surface area contributed by atoms with Gasteiger partial charge in [0.1, 0.15) is 6.17 Å². The third-order valence-electron chi connectivity index (χ3n) is 3.51. The van der Waals surface area contributed by atoms with Gasteiger partial charge >= 0.3 is 0 Å². The van der Waals surface area contributed by atoms with E-state index in [2.05, 4.69) is 16.0 Å². The molecule has 28 heavy (non-hydrogen) atoms. The summed E-state index contributed by atoms with van der Waals surface area (Å²) in [6, 6.07) is 15.0. The third-order valence-corrected chi connectivity index (χ3v) is 4.39. The standard InChI is InChI=1S/C18H16Cl3N3O3S/c19-18(20,21)16(23-14(25)10-11-6-2-1-3-7-11)24-17(28)22-13-9-5-4-8-12(13)15(26)27/h1-9,16H,10H2,(H,23,25)(H,26,27)(H2,22,24,28)/p-1/t16-/m1/s1. The maximum Gasteiger partial charge on any atom is 0.228 e. The zero-order chi connectivity index (χ0) is 20.7. The second-order valence-electron chi connectivity index (χ2n) is 5.64. The summed E-state index contributed by atoms with van der Waals surface area (Å²) in [6.45, 7) is 0. The van der Waals surface area contributed by atoms with Gasteiger partial charge in [0.2, 0.25) is 9.70 Å². The Morgan fingerprint density at radius 2 is 1.61 bits per heavy atom. The number of nitrogens with one attached hydrogen (secondary N) is 3. The lowest BCUT2D eigenvalue weighted by molar-refractivity contribution is -0.254. The number of thiocarbonyl (C=S) groups is 1. The zero-order valence-electron chi connectivity index (χ0n) is 14.2. The van der Waals surface area contributed by atoms with Crippen LogP contribution in [-0.2, 0) is 11.2 Å². The van der Waals surface area contributed by atoms with Gasteiger partial charge in [0.15, 0.2) is 5.11 Å². The number of hydrogen-bond acceptors (Lipinski definition) is 4. The van der Waals surface area contributed by atoms with Gasteiger partial charge in [0.05, 0.1) is 12.4 Å². The molecule has 0 spiro atoms. The Kier molecular flexibility index (Phi) is 7.88. The maximum atomic E-state index is 12.3. The molecule has 0 unspecified atom stereocenters. The minimum Gasteiger partial charge on any atom is -0.545 e. The molecule has 0 heterocycles. The van der Waals surface area contributed by atoms with Crippen molar-refractivity contribution in [1.82, 2.24) is 10.6 Å². The van der Waals surface area contributed by atoms with Crippen LogP contribution >= 0.6 is 47.0 Å². The zero-order valence-corrected chi connectivity index (χ0v) is 17.3. The minimum atomic E-state index is -1.92. The first-order valence-corrected chi connectivity index (χ1v) is 9.49. The number of hydrogen-bond donors (Lipinski definition) is 3. The van der Waals surface area contributed by atoms with Crippen LogP contribution in [0.1, 0.15) is 15.9 Å². The fourth-order valence-corrected chi connectivity index (χ4v) is 2.81. The molecule has 2 rings (SSSR count). The van der Waals surface area contributed by atoms with Crippen molar-refractivity contribution in [2.75, 3.05) is 5.32 Å². The van der Waals surface area contributed by atoms with Gasteiger partial charge in [0, 0.05) is 11.3 Å². The van der Waals surface area contributed by atoms with Crippen molar-refractivity contribution in [2.24, 2.45) is 0 Å². The summed E-state index contributed by atoms with van der Waals surface area (Å²) in [7, 11) is 0. The molecule has 3 N–H and O–H groups in total. The molecule has 10 heteroatoms. The van der Waals surface area contributed by atoms with Crippen LogP contribution in [0.4, 0.5) is 5.69 Å². The molecule has 6 nitrogen and oxygen atoms in total. The lowest BCUT2D eigenvalue weighted by Gasteiger charge is -2.28. The number of para-hydroxylation sites is 1. The first kappa shape index (κ1) is 22.2. The van der Waals surface area contributed by atoms with Gasteiger partial charge in [-0.1, -0.05) is 83.3 Å². The summed E-state index contributed by atoms with van der Waals surface area (Å²) in [5.41, 5.74) is 0.885. The van der Waals surface area contributed by atoms with E-state index in [1.165, 1.54) is 12.1 Å². The summed E-state index contributed by atoms with van der Waals surface area (Å²) in [4.78, 5) is 23.4. The van der Waals surface area contributed by atoms with Crippen LogP contribution in [0.25, 0.3) is 0 Å². The first-order chi connectivity index (χ1) is 13.2. The summed E-state index contributed by atoms with van der Waals surface area (Å²) in [5, 5.41) is 19.0. The van der Waals surface area contributed by atoms with Crippen molar-refractivity contribution < 1.29 is 14.7 Å². The van der Waals surface area contributed by atoms with E-state index in [4.69, 9.17) is 47.0 Å². The van der Waals surface area contributed by atoms with Crippen LogP contribution in [0, 0.1) is 0 Å². The van der Waals surface area contributed by atoms with Crippen molar-refractivity contribution in [3.8, 4) is 0 Å². The molecule has 2 aromatic carbocycles. The number of benzene rings is 2. The highest BCUT2D eigenvalue weighted by Gasteiger charge is 2.34. The predicted molar refractivity (Wildman–Crippen MR) is 112 cm³/mol. The number of carboxylic acid groups (broad SMARTS) is 1. The molecule has 0 saturated carbocycles. The molecular formula is C18H15Cl3N3O3S-. The number of rotatable bonds is 6. The number of halogens is 3. The molecule has 0 bridgehead atoms. The van der Waals surface area contributed by atoms with Crippen LogP contribution in [0.5, 0.6) is 0 Å². The van der Waals surface area contributed by atoms with Gasteiger partial charge in [-0.05, 0) is 23.8 Å². The van der Waals surface area contributed by atoms with Crippen molar-refractivity contribution >= 4 is 69.7 Å².